The number of anilines is 1. The van der Waals surface area contributed by atoms with Gasteiger partial charge in [-0.2, -0.15) is 0 Å². The summed E-state index contributed by atoms with van der Waals surface area (Å²) in [4.78, 5) is 13.3. The van der Waals surface area contributed by atoms with E-state index in [1.165, 1.54) is 12.1 Å². The third kappa shape index (κ3) is 1.70. The number of rotatable bonds is 2. The Bertz CT molecular complexity index is 325. The van der Waals surface area contributed by atoms with Gasteiger partial charge in [-0.1, -0.05) is 6.42 Å². The first-order chi connectivity index (χ1) is 5.74. The summed E-state index contributed by atoms with van der Waals surface area (Å²) in [6, 6.07) is 4.92. The predicted octanol–water partition coefficient (Wildman–Crippen LogP) is 0.992. The molecule has 0 spiro atoms. The highest BCUT2D eigenvalue weighted by Crippen LogP contribution is 2.10. The highest BCUT2D eigenvalue weighted by molar-refractivity contribution is 5.43. The molecule has 0 bridgehead atoms. The summed E-state index contributed by atoms with van der Waals surface area (Å²) < 4.78 is 0. The second kappa shape index (κ2) is 3.34. The second-order valence-electron chi connectivity index (χ2n) is 1.93. The van der Waals surface area contributed by atoms with Crippen LogP contribution < -0.4 is 5.32 Å². The van der Waals surface area contributed by atoms with Crippen LogP contribution >= 0.6 is 0 Å². The third-order valence-corrected chi connectivity index (χ3v) is 1.16. The molecule has 0 amide bonds. The van der Waals surface area contributed by atoms with Gasteiger partial charge in [-0.3, -0.25) is 15.4 Å². The van der Waals surface area contributed by atoms with Crippen molar-refractivity contribution in [2.24, 2.45) is 0 Å². The molecule has 0 aliphatic carbocycles. The van der Waals surface area contributed by atoms with Crippen LogP contribution in [0.2, 0.25) is 0 Å². The van der Waals surface area contributed by atoms with Gasteiger partial charge in [-0.05, 0) is 6.07 Å². The molecule has 1 aromatic rings. The lowest BCUT2D eigenvalue weighted by Gasteiger charge is -1.94. The van der Waals surface area contributed by atoms with Gasteiger partial charge < -0.3 is 0 Å². The molecule has 1 aromatic heterocycles. The minimum Gasteiger partial charge on any atom is -0.300 e. The number of nitro groups is 1. The molecular weight excluding hydrogens is 158 g/mol. The molecule has 0 saturated heterocycles. The Balaban J connectivity index is 2.87. The Kier molecular flexibility index (Phi) is 2.23. The van der Waals surface area contributed by atoms with Crippen LogP contribution in [0.15, 0.2) is 18.3 Å². The average molecular weight is 163 g/mol. The summed E-state index contributed by atoms with van der Waals surface area (Å²) in [5.74, 6) is 0.420. The first-order valence-corrected chi connectivity index (χ1v) is 3.06. The van der Waals surface area contributed by atoms with Crippen LogP contribution in [0, 0.1) is 22.6 Å². The molecule has 1 heterocycles. The summed E-state index contributed by atoms with van der Waals surface area (Å²) in [5, 5.41) is 12.6. The zero-order valence-electron chi connectivity index (χ0n) is 6.02. The molecule has 0 unspecified atom stereocenters. The van der Waals surface area contributed by atoms with Crippen LogP contribution in [0.5, 0.6) is 0 Å². The Morgan fingerprint density at radius 3 is 2.83 bits per heavy atom. The van der Waals surface area contributed by atoms with Gasteiger partial charge in [-0.15, -0.1) is 0 Å². The van der Waals surface area contributed by atoms with E-state index in [9.17, 15) is 10.1 Å². The quantitative estimate of drug-likeness (QED) is 0.305. The molecule has 0 radical (unpaired) electrons. The Labute approximate surface area is 68.6 Å². The van der Waals surface area contributed by atoms with Crippen molar-refractivity contribution in [2.75, 3.05) is 5.32 Å². The SMILES string of the molecule is C#CNc1ccc([N+](=O)[O-])cn1. The van der Waals surface area contributed by atoms with E-state index in [0.717, 1.165) is 6.20 Å². The van der Waals surface area contributed by atoms with Gasteiger partial charge >= 0.3 is 0 Å². The van der Waals surface area contributed by atoms with Crippen molar-refractivity contribution in [1.29, 1.82) is 0 Å². The maximum absolute atomic E-state index is 10.2. The molecule has 0 aromatic carbocycles. The van der Waals surface area contributed by atoms with Gasteiger partial charge in [0, 0.05) is 12.1 Å². The molecule has 1 rings (SSSR count). The van der Waals surface area contributed by atoms with Crippen molar-refractivity contribution in [3.8, 4) is 12.5 Å². The fourth-order valence-corrected chi connectivity index (χ4v) is 0.642. The van der Waals surface area contributed by atoms with Crippen LogP contribution in [0.25, 0.3) is 0 Å². The topological polar surface area (TPSA) is 68.1 Å². The number of hydrogen-bond acceptors (Lipinski definition) is 4. The van der Waals surface area contributed by atoms with Crippen LogP contribution in [0.4, 0.5) is 11.5 Å². The molecule has 60 valence electrons. The average Bonchev–Trinajstić information content (AvgIpc) is 2.06. The minimum atomic E-state index is -0.521. The normalized spacial score (nSPS) is 8.58. The number of pyridine rings is 1. The van der Waals surface area contributed by atoms with Gasteiger partial charge in [0.05, 0.1) is 4.92 Å². The van der Waals surface area contributed by atoms with Crippen molar-refractivity contribution in [1.82, 2.24) is 4.98 Å². The van der Waals surface area contributed by atoms with Crippen molar-refractivity contribution in [3.05, 3.63) is 28.4 Å². The largest absolute Gasteiger partial charge is 0.300 e. The van der Waals surface area contributed by atoms with E-state index in [4.69, 9.17) is 6.42 Å². The van der Waals surface area contributed by atoms with Crippen molar-refractivity contribution >= 4 is 11.5 Å². The summed E-state index contributed by atoms with van der Waals surface area (Å²) in [5.41, 5.74) is -0.0578. The van der Waals surface area contributed by atoms with Crippen molar-refractivity contribution in [2.45, 2.75) is 0 Å². The number of hydrogen-bond donors (Lipinski definition) is 1. The third-order valence-electron chi connectivity index (χ3n) is 1.16. The lowest BCUT2D eigenvalue weighted by atomic mass is 10.4. The fourth-order valence-electron chi connectivity index (χ4n) is 0.642. The zero-order valence-corrected chi connectivity index (χ0v) is 6.02. The van der Waals surface area contributed by atoms with Crippen molar-refractivity contribution in [3.63, 3.8) is 0 Å². The van der Waals surface area contributed by atoms with Crippen molar-refractivity contribution < 1.29 is 4.92 Å². The Morgan fingerprint density at radius 2 is 2.42 bits per heavy atom. The van der Waals surface area contributed by atoms with Crippen LogP contribution in [-0.2, 0) is 0 Å². The maximum Gasteiger partial charge on any atom is 0.287 e. The number of aromatic nitrogens is 1. The van der Waals surface area contributed by atoms with Gasteiger partial charge in [0.1, 0.15) is 12.0 Å². The van der Waals surface area contributed by atoms with E-state index in [1.807, 2.05) is 0 Å². The summed E-state index contributed by atoms with van der Waals surface area (Å²) in [6.45, 7) is 0. The van der Waals surface area contributed by atoms with E-state index < -0.39 is 4.92 Å². The smallest absolute Gasteiger partial charge is 0.287 e. The summed E-state index contributed by atoms with van der Waals surface area (Å²) in [6.07, 6.45) is 6.06. The molecular formula is C7H5N3O2. The fraction of sp³-hybridized carbons (Fsp3) is 0. The first-order valence-electron chi connectivity index (χ1n) is 3.06. The lowest BCUT2D eigenvalue weighted by Crippen LogP contribution is -1.93. The molecule has 5 heteroatoms. The molecule has 0 atom stereocenters. The van der Waals surface area contributed by atoms with Crippen LogP contribution in [-0.4, -0.2) is 9.91 Å². The molecule has 5 nitrogen and oxygen atoms in total. The van der Waals surface area contributed by atoms with E-state index in [2.05, 4.69) is 16.3 Å². The highest BCUT2D eigenvalue weighted by Gasteiger charge is 2.03. The summed E-state index contributed by atoms with van der Waals surface area (Å²) >= 11 is 0. The molecule has 1 N–H and O–H groups in total. The van der Waals surface area contributed by atoms with E-state index in [0.29, 0.717) is 5.82 Å². The molecule has 0 aliphatic rings. The molecule has 0 saturated carbocycles. The zero-order chi connectivity index (χ0) is 8.97. The minimum absolute atomic E-state index is 0.0578. The lowest BCUT2D eigenvalue weighted by molar-refractivity contribution is -0.385. The second-order valence-corrected chi connectivity index (χ2v) is 1.93. The van der Waals surface area contributed by atoms with Gasteiger partial charge in [-0.25, -0.2) is 4.98 Å². The molecule has 12 heavy (non-hydrogen) atoms. The maximum atomic E-state index is 10.2. The number of nitrogens with zero attached hydrogens (tertiary/aromatic N) is 2. The standard InChI is InChI=1S/C7H5N3O2/c1-2-8-7-4-3-6(5-9-7)10(11)12/h1,3-5H,(H,8,9). The molecule has 0 fully saturated rings. The predicted molar refractivity (Wildman–Crippen MR) is 43.3 cm³/mol. The van der Waals surface area contributed by atoms with E-state index in [-0.39, 0.29) is 5.69 Å². The van der Waals surface area contributed by atoms with Gasteiger partial charge in [0.15, 0.2) is 0 Å². The first kappa shape index (κ1) is 8.01. The van der Waals surface area contributed by atoms with Gasteiger partial charge in [0.25, 0.3) is 5.69 Å². The summed E-state index contributed by atoms with van der Waals surface area (Å²) in [7, 11) is 0. The number of nitrogens with one attached hydrogen (secondary N) is 1. The van der Waals surface area contributed by atoms with Crippen LogP contribution in [0.3, 0.4) is 0 Å². The Morgan fingerprint density at radius 1 is 1.67 bits per heavy atom. The Hall–Kier alpha value is -2.09. The highest BCUT2D eigenvalue weighted by atomic mass is 16.6. The van der Waals surface area contributed by atoms with E-state index >= 15 is 0 Å². The van der Waals surface area contributed by atoms with Crippen LogP contribution in [0.1, 0.15) is 0 Å². The van der Waals surface area contributed by atoms with Gasteiger partial charge in [0.2, 0.25) is 0 Å². The number of terminal acetylenes is 1. The molecule has 0 aliphatic heterocycles. The monoisotopic (exact) mass is 163 g/mol. The van der Waals surface area contributed by atoms with E-state index in [1.54, 1.807) is 0 Å².